The van der Waals surface area contributed by atoms with Crippen molar-refractivity contribution < 1.29 is 0 Å². The van der Waals surface area contributed by atoms with Crippen LogP contribution in [0.25, 0.3) is 0 Å². The van der Waals surface area contributed by atoms with Gasteiger partial charge in [-0.25, -0.2) is 0 Å². The van der Waals surface area contributed by atoms with Crippen molar-refractivity contribution in [1.29, 1.82) is 0 Å². The number of likely N-dealkylation sites (N-methyl/N-ethyl adjacent to an activating group) is 1. The smallest absolute Gasteiger partial charge is 0.0410 e. The van der Waals surface area contributed by atoms with Crippen LogP contribution in [-0.2, 0) is 12.8 Å². The van der Waals surface area contributed by atoms with Crippen molar-refractivity contribution in [3.63, 3.8) is 0 Å². The molecule has 2 rings (SSSR count). The summed E-state index contributed by atoms with van der Waals surface area (Å²) in [4.78, 5) is 4.27. The van der Waals surface area contributed by atoms with E-state index in [4.69, 9.17) is 0 Å². The molecule has 0 aliphatic rings. The molecular formula is C17H21BrN2. The molecule has 1 heterocycles. The highest BCUT2D eigenvalue weighted by Crippen LogP contribution is 2.21. The Hall–Kier alpha value is -1.19. The van der Waals surface area contributed by atoms with Crippen molar-refractivity contribution in [2.75, 3.05) is 6.54 Å². The third-order valence-corrected chi connectivity index (χ3v) is 3.88. The average molecular weight is 333 g/mol. The van der Waals surface area contributed by atoms with Crippen molar-refractivity contribution in [2.45, 2.75) is 32.7 Å². The quantitative estimate of drug-likeness (QED) is 0.853. The van der Waals surface area contributed by atoms with Gasteiger partial charge in [0.2, 0.25) is 0 Å². The van der Waals surface area contributed by atoms with Gasteiger partial charge in [-0.1, -0.05) is 38.1 Å². The van der Waals surface area contributed by atoms with Crippen LogP contribution < -0.4 is 5.32 Å². The van der Waals surface area contributed by atoms with Crippen LogP contribution in [0.3, 0.4) is 0 Å². The van der Waals surface area contributed by atoms with Crippen molar-refractivity contribution >= 4 is 15.9 Å². The lowest BCUT2D eigenvalue weighted by molar-refractivity contribution is 0.548. The molecule has 0 saturated carbocycles. The monoisotopic (exact) mass is 332 g/mol. The van der Waals surface area contributed by atoms with E-state index in [0.717, 1.165) is 23.9 Å². The molecule has 2 nitrogen and oxygen atoms in total. The van der Waals surface area contributed by atoms with Crippen LogP contribution in [-0.4, -0.2) is 11.5 Å². The number of rotatable bonds is 6. The fourth-order valence-electron chi connectivity index (χ4n) is 2.32. The summed E-state index contributed by atoms with van der Waals surface area (Å²) in [6.45, 7) is 5.27. The molecule has 1 aromatic heterocycles. The topological polar surface area (TPSA) is 24.9 Å². The molecular weight excluding hydrogens is 312 g/mol. The highest BCUT2D eigenvalue weighted by Gasteiger charge is 2.12. The summed E-state index contributed by atoms with van der Waals surface area (Å²) in [5.41, 5.74) is 3.96. The molecule has 0 spiro atoms. The van der Waals surface area contributed by atoms with Crippen LogP contribution >= 0.6 is 15.9 Å². The molecule has 20 heavy (non-hydrogen) atoms. The van der Waals surface area contributed by atoms with Crippen LogP contribution in [0.15, 0.2) is 47.2 Å². The number of pyridine rings is 1. The van der Waals surface area contributed by atoms with Gasteiger partial charge in [0.05, 0.1) is 0 Å². The Labute approximate surface area is 129 Å². The first-order valence-corrected chi connectivity index (χ1v) is 7.93. The van der Waals surface area contributed by atoms with Gasteiger partial charge in [-0.2, -0.15) is 0 Å². The maximum atomic E-state index is 4.27. The molecule has 1 N–H and O–H groups in total. The lowest BCUT2D eigenvalue weighted by Gasteiger charge is -2.18. The molecule has 0 aliphatic carbocycles. The summed E-state index contributed by atoms with van der Waals surface area (Å²) in [6.07, 6.45) is 5.84. The predicted octanol–water partition coefficient (Wildman–Crippen LogP) is 4.30. The largest absolute Gasteiger partial charge is 0.310 e. The van der Waals surface area contributed by atoms with Crippen molar-refractivity contribution in [3.05, 3.63) is 63.9 Å². The molecule has 0 fully saturated rings. The van der Waals surface area contributed by atoms with E-state index in [1.807, 2.05) is 12.4 Å². The second-order valence-electron chi connectivity index (χ2n) is 4.92. The molecule has 0 saturated heterocycles. The Morgan fingerprint density at radius 1 is 1.10 bits per heavy atom. The molecule has 0 amide bonds. The number of nitrogens with one attached hydrogen (secondary N) is 1. The maximum Gasteiger partial charge on any atom is 0.0410 e. The lowest BCUT2D eigenvalue weighted by atomic mass is 9.99. The fraction of sp³-hybridized carbons (Fsp3) is 0.353. The minimum Gasteiger partial charge on any atom is -0.310 e. The highest BCUT2D eigenvalue weighted by atomic mass is 79.9. The second kappa shape index (κ2) is 7.55. The average Bonchev–Trinajstić information content (AvgIpc) is 2.47. The van der Waals surface area contributed by atoms with E-state index >= 15 is 0 Å². The Morgan fingerprint density at radius 2 is 1.80 bits per heavy atom. The maximum absolute atomic E-state index is 4.27. The van der Waals surface area contributed by atoms with Crippen LogP contribution in [0, 0.1) is 0 Å². The van der Waals surface area contributed by atoms with E-state index in [9.17, 15) is 0 Å². The van der Waals surface area contributed by atoms with Gasteiger partial charge in [0.1, 0.15) is 0 Å². The van der Waals surface area contributed by atoms with Gasteiger partial charge in [0.15, 0.2) is 0 Å². The van der Waals surface area contributed by atoms with Crippen LogP contribution in [0.2, 0.25) is 0 Å². The second-order valence-corrected chi connectivity index (χ2v) is 5.84. The van der Waals surface area contributed by atoms with E-state index in [1.165, 1.54) is 16.7 Å². The Balaban J connectivity index is 2.16. The van der Waals surface area contributed by atoms with Crippen molar-refractivity contribution in [2.24, 2.45) is 0 Å². The van der Waals surface area contributed by atoms with Crippen LogP contribution in [0.5, 0.6) is 0 Å². The van der Waals surface area contributed by atoms with Gasteiger partial charge >= 0.3 is 0 Å². The third kappa shape index (κ3) is 4.15. The number of aromatic nitrogens is 1. The first-order valence-electron chi connectivity index (χ1n) is 7.14. The number of nitrogens with zero attached hydrogens (tertiary/aromatic N) is 1. The normalized spacial score (nSPS) is 12.3. The van der Waals surface area contributed by atoms with Crippen LogP contribution in [0.4, 0.5) is 0 Å². The SMILES string of the molecule is CCNC(Cc1ccc(CC)cc1)c1cncc(Br)c1. The van der Waals surface area contributed by atoms with Crippen LogP contribution in [0.1, 0.15) is 36.6 Å². The Kier molecular flexibility index (Phi) is 5.74. The van der Waals surface area contributed by atoms with Gasteiger partial charge in [0, 0.05) is 22.9 Å². The lowest BCUT2D eigenvalue weighted by Crippen LogP contribution is -2.23. The van der Waals surface area contributed by atoms with Gasteiger partial charge in [-0.15, -0.1) is 0 Å². The minimum absolute atomic E-state index is 0.303. The third-order valence-electron chi connectivity index (χ3n) is 3.45. The van der Waals surface area contributed by atoms with Gasteiger partial charge in [0.25, 0.3) is 0 Å². The van der Waals surface area contributed by atoms with E-state index in [1.54, 1.807) is 0 Å². The summed E-state index contributed by atoms with van der Waals surface area (Å²) < 4.78 is 1.03. The van der Waals surface area contributed by atoms with E-state index in [-0.39, 0.29) is 0 Å². The van der Waals surface area contributed by atoms with Crippen molar-refractivity contribution in [3.8, 4) is 0 Å². The summed E-state index contributed by atoms with van der Waals surface area (Å²) in [6, 6.07) is 11.3. The van der Waals surface area contributed by atoms with Gasteiger partial charge < -0.3 is 5.32 Å². The van der Waals surface area contributed by atoms with E-state index in [0.29, 0.717) is 6.04 Å². The molecule has 3 heteroatoms. The first kappa shape index (κ1) is 15.2. The summed E-state index contributed by atoms with van der Waals surface area (Å²) >= 11 is 3.50. The molecule has 1 atom stereocenters. The number of hydrogen-bond donors (Lipinski definition) is 1. The zero-order valence-electron chi connectivity index (χ0n) is 12.1. The molecule has 0 aliphatic heterocycles. The summed E-state index contributed by atoms with van der Waals surface area (Å²) in [5, 5.41) is 3.54. The molecule has 1 unspecified atom stereocenters. The Morgan fingerprint density at radius 3 is 2.40 bits per heavy atom. The molecule has 2 aromatic rings. The standard InChI is InChI=1S/C17H21BrN2/c1-3-13-5-7-14(8-6-13)9-17(20-4-2)15-10-16(18)12-19-11-15/h5-8,10-12,17,20H,3-4,9H2,1-2H3. The fourth-order valence-corrected chi connectivity index (χ4v) is 2.70. The molecule has 106 valence electrons. The zero-order valence-corrected chi connectivity index (χ0v) is 13.7. The minimum atomic E-state index is 0.303. The van der Waals surface area contributed by atoms with Gasteiger partial charge in [-0.05, 0) is 58.1 Å². The number of benzene rings is 1. The van der Waals surface area contributed by atoms with Crippen molar-refractivity contribution in [1.82, 2.24) is 10.3 Å². The number of aryl methyl sites for hydroxylation is 1. The summed E-state index contributed by atoms with van der Waals surface area (Å²) in [5.74, 6) is 0. The number of hydrogen-bond acceptors (Lipinski definition) is 2. The summed E-state index contributed by atoms with van der Waals surface area (Å²) in [7, 11) is 0. The van der Waals surface area contributed by atoms with Gasteiger partial charge in [-0.3, -0.25) is 4.98 Å². The first-order chi connectivity index (χ1) is 9.72. The predicted molar refractivity (Wildman–Crippen MR) is 87.9 cm³/mol. The van der Waals surface area contributed by atoms with E-state index < -0.39 is 0 Å². The molecule has 1 aromatic carbocycles. The number of halogens is 1. The molecule has 0 bridgehead atoms. The Bertz CT molecular complexity index is 537. The highest BCUT2D eigenvalue weighted by molar-refractivity contribution is 9.10. The molecule has 0 radical (unpaired) electrons. The van der Waals surface area contributed by atoms with E-state index in [2.05, 4.69) is 70.4 Å². The zero-order chi connectivity index (χ0) is 14.4.